The van der Waals surface area contributed by atoms with Gasteiger partial charge in [-0.2, -0.15) is 0 Å². The van der Waals surface area contributed by atoms with Crippen molar-refractivity contribution in [2.24, 2.45) is 5.14 Å². The molecule has 0 saturated heterocycles. The zero-order valence-corrected chi connectivity index (χ0v) is 6.93. The highest BCUT2D eigenvalue weighted by Crippen LogP contribution is 2.12. The fraction of sp³-hybridized carbons (Fsp3) is 0.667. The SMILES string of the molecule is NS(=O)(=O)CC1=COCCC1. The molecule has 2 N–H and O–H groups in total. The molecule has 4 nitrogen and oxygen atoms in total. The van der Waals surface area contributed by atoms with Gasteiger partial charge < -0.3 is 4.74 Å². The Balaban J connectivity index is 2.55. The average Bonchev–Trinajstić information content (AvgIpc) is 1.85. The van der Waals surface area contributed by atoms with Crippen LogP contribution in [0.3, 0.4) is 0 Å². The van der Waals surface area contributed by atoms with Crippen molar-refractivity contribution in [1.29, 1.82) is 0 Å². The Morgan fingerprint density at radius 1 is 1.64 bits per heavy atom. The first kappa shape index (κ1) is 8.55. The first-order valence-electron chi connectivity index (χ1n) is 3.38. The van der Waals surface area contributed by atoms with Gasteiger partial charge in [-0.05, 0) is 18.4 Å². The summed E-state index contributed by atoms with van der Waals surface area (Å²) in [5, 5.41) is 4.84. The smallest absolute Gasteiger partial charge is 0.213 e. The van der Waals surface area contributed by atoms with Crippen LogP contribution >= 0.6 is 0 Å². The Bertz CT molecular complexity index is 255. The molecule has 0 aliphatic carbocycles. The molecule has 0 unspecified atom stereocenters. The quantitative estimate of drug-likeness (QED) is 0.644. The minimum absolute atomic E-state index is 0.0764. The second kappa shape index (κ2) is 3.23. The van der Waals surface area contributed by atoms with Crippen LogP contribution in [0.5, 0.6) is 0 Å². The molecule has 1 aliphatic heterocycles. The molecular formula is C6H11NO3S. The third kappa shape index (κ3) is 3.38. The summed E-state index contributed by atoms with van der Waals surface area (Å²) in [6, 6.07) is 0. The van der Waals surface area contributed by atoms with E-state index in [0.29, 0.717) is 6.61 Å². The molecule has 0 bridgehead atoms. The van der Waals surface area contributed by atoms with Gasteiger partial charge in [0.15, 0.2) is 0 Å². The number of nitrogens with two attached hydrogens (primary N) is 1. The fourth-order valence-corrected chi connectivity index (χ4v) is 1.71. The molecule has 0 fully saturated rings. The lowest BCUT2D eigenvalue weighted by molar-refractivity contribution is 0.225. The van der Waals surface area contributed by atoms with Gasteiger partial charge in [-0.25, -0.2) is 13.6 Å². The molecule has 11 heavy (non-hydrogen) atoms. The van der Waals surface area contributed by atoms with Gasteiger partial charge in [-0.1, -0.05) is 0 Å². The van der Waals surface area contributed by atoms with Gasteiger partial charge in [0.25, 0.3) is 0 Å². The Kier molecular flexibility index (Phi) is 2.51. The number of rotatable bonds is 2. The van der Waals surface area contributed by atoms with Crippen molar-refractivity contribution in [3.63, 3.8) is 0 Å². The highest BCUT2D eigenvalue weighted by atomic mass is 32.2. The summed E-state index contributed by atoms with van der Waals surface area (Å²) in [6.45, 7) is 0.675. The van der Waals surface area contributed by atoms with Crippen LogP contribution in [-0.2, 0) is 14.8 Å². The highest BCUT2D eigenvalue weighted by molar-refractivity contribution is 7.89. The maximum absolute atomic E-state index is 10.6. The molecule has 1 heterocycles. The van der Waals surface area contributed by atoms with Gasteiger partial charge >= 0.3 is 0 Å². The fourth-order valence-electron chi connectivity index (χ4n) is 0.983. The molecule has 0 radical (unpaired) electrons. The summed E-state index contributed by atoms with van der Waals surface area (Å²) >= 11 is 0. The van der Waals surface area contributed by atoms with Crippen LogP contribution in [0, 0.1) is 0 Å². The van der Waals surface area contributed by atoms with E-state index in [0.717, 1.165) is 18.4 Å². The zero-order valence-electron chi connectivity index (χ0n) is 6.12. The maximum atomic E-state index is 10.6. The average molecular weight is 177 g/mol. The van der Waals surface area contributed by atoms with Crippen molar-refractivity contribution in [3.05, 3.63) is 11.8 Å². The lowest BCUT2D eigenvalue weighted by Crippen LogP contribution is -2.19. The topological polar surface area (TPSA) is 69.4 Å². The molecule has 0 aromatic rings. The third-order valence-corrected chi connectivity index (χ3v) is 2.17. The van der Waals surface area contributed by atoms with Crippen LogP contribution in [0.4, 0.5) is 0 Å². The van der Waals surface area contributed by atoms with Crippen molar-refractivity contribution in [2.75, 3.05) is 12.4 Å². The van der Waals surface area contributed by atoms with Crippen LogP contribution < -0.4 is 5.14 Å². The summed E-state index contributed by atoms with van der Waals surface area (Å²) in [5.41, 5.74) is 0.763. The highest BCUT2D eigenvalue weighted by Gasteiger charge is 2.10. The van der Waals surface area contributed by atoms with Gasteiger partial charge in [0.05, 0.1) is 18.6 Å². The molecule has 0 spiro atoms. The number of hydrogen-bond acceptors (Lipinski definition) is 3. The van der Waals surface area contributed by atoms with E-state index in [9.17, 15) is 8.42 Å². The van der Waals surface area contributed by atoms with Gasteiger partial charge in [0.1, 0.15) is 0 Å². The summed E-state index contributed by atoms with van der Waals surface area (Å²) < 4.78 is 26.1. The van der Waals surface area contributed by atoms with Crippen LogP contribution in [0.2, 0.25) is 0 Å². The van der Waals surface area contributed by atoms with Crippen LogP contribution in [0.1, 0.15) is 12.8 Å². The molecule has 5 heteroatoms. The summed E-state index contributed by atoms with van der Waals surface area (Å²) in [7, 11) is -3.37. The normalized spacial score (nSPS) is 18.8. The molecule has 0 atom stereocenters. The lowest BCUT2D eigenvalue weighted by Gasteiger charge is -2.11. The molecule has 64 valence electrons. The summed E-state index contributed by atoms with van der Waals surface area (Å²) in [6.07, 6.45) is 3.14. The molecule has 1 aliphatic rings. The van der Waals surface area contributed by atoms with Crippen molar-refractivity contribution < 1.29 is 13.2 Å². The minimum atomic E-state index is -3.37. The Morgan fingerprint density at radius 2 is 2.36 bits per heavy atom. The van der Waals surface area contributed by atoms with Crippen LogP contribution in [0.25, 0.3) is 0 Å². The van der Waals surface area contributed by atoms with E-state index in [2.05, 4.69) is 0 Å². The number of sulfonamides is 1. The largest absolute Gasteiger partial charge is 0.501 e. The van der Waals surface area contributed by atoms with E-state index in [-0.39, 0.29) is 5.75 Å². The van der Waals surface area contributed by atoms with Gasteiger partial charge in [-0.3, -0.25) is 0 Å². The number of primary sulfonamides is 1. The predicted octanol–water partition coefficient (Wildman–Crippen LogP) is -0.0308. The Morgan fingerprint density at radius 3 is 2.82 bits per heavy atom. The molecule has 0 saturated carbocycles. The maximum Gasteiger partial charge on any atom is 0.213 e. The second-order valence-electron chi connectivity index (χ2n) is 2.56. The number of hydrogen-bond donors (Lipinski definition) is 1. The van der Waals surface area contributed by atoms with Gasteiger partial charge in [0, 0.05) is 0 Å². The standard InChI is InChI=1S/C6H11NO3S/c7-11(8,9)5-6-2-1-3-10-4-6/h4H,1-3,5H2,(H2,7,8,9). The van der Waals surface area contributed by atoms with Gasteiger partial charge in [0.2, 0.25) is 10.0 Å². The lowest BCUT2D eigenvalue weighted by atomic mass is 10.2. The van der Waals surface area contributed by atoms with Crippen molar-refractivity contribution in [2.45, 2.75) is 12.8 Å². The molecular weight excluding hydrogens is 166 g/mol. The predicted molar refractivity (Wildman–Crippen MR) is 41.2 cm³/mol. The monoisotopic (exact) mass is 177 g/mol. The Hall–Kier alpha value is -0.550. The van der Waals surface area contributed by atoms with Gasteiger partial charge in [-0.15, -0.1) is 0 Å². The zero-order chi connectivity index (χ0) is 8.32. The van der Waals surface area contributed by atoms with E-state index < -0.39 is 10.0 Å². The molecule has 0 amide bonds. The number of ether oxygens (including phenoxy) is 1. The Labute approximate surface area is 66.1 Å². The second-order valence-corrected chi connectivity index (χ2v) is 4.17. The van der Waals surface area contributed by atoms with Crippen LogP contribution in [0.15, 0.2) is 11.8 Å². The van der Waals surface area contributed by atoms with E-state index >= 15 is 0 Å². The molecule has 0 aromatic carbocycles. The minimum Gasteiger partial charge on any atom is -0.501 e. The van der Waals surface area contributed by atoms with E-state index in [1.54, 1.807) is 0 Å². The van der Waals surface area contributed by atoms with Crippen molar-refractivity contribution >= 4 is 10.0 Å². The summed E-state index contributed by atoms with van der Waals surface area (Å²) in [4.78, 5) is 0. The first-order chi connectivity index (χ1) is 5.08. The summed E-state index contributed by atoms with van der Waals surface area (Å²) in [5.74, 6) is -0.0764. The molecule has 0 aromatic heterocycles. The third-order valence-electron chi connectivity index (χ3n) is 1.40. The van der Waals surface area contributed by atoms with E-state index in [1.807, 2.05) is 0 Å². The van der Waals surface area contributed by atoms with Crippen molar-refractivity contribution in [3.8, 4) is 0 Å². The van der Waals surface area contributed by atoms with E-state index in [1.165, 1.54) is 6.26 Å². The van der Waals surface area contributed by atoms with Crippen molar-refractivity contribution in [1.82, 2.24) is 0 Å². The van der Waals surface area contributed by atoms with E-state index in [4.69, 9.17) is 9.88 Å². The van der Waals surface area contributed by atoms with Crippen LogP contribution in [-0.4, -0.2) is 20.8 Å². The molecule has 1 rings (SSSR count). The first-order valence-corrected chi connectivity index (χ1v) is 5.09.